The van der Waals surface area contributed by atoms with E-state index in [0.717, 1.165) is 38.4 Å². The number of nitrogens with one attached hydrogen (secondary N) is 3. The maximum Gasteiger partial charge on any atom is 0.240 e. The molecule has 170 valence electrons. The van der Waals surface area contributed by atoms with Gasteiger partial charge in [-0.3, -0.25) is 9.89 Å². The summed E-state index contributed by atoms with van der Waals surface area (Å²) in [6.07, 6.45) is 0. The van der Waals surface area contributed by atoms with Crippen molar-refractivity contribution < 1.29 is 17.9 Å². The molecule has 30 heavy (non-hydrogen) atoms. The SMILES string of the molecule is CN=C(NCc1cccc(S(=O)(=O)NCCOC)c1)NCC(C)(C)N1CCOCC1. The van der Waals surface area contributed by atoms with Gasteiger partial charge in [0, 0.05) is 52.4 Å². The predicted octanol–water partition coefficient (Wildman–Crippen LogP) is 0.387. The highest BCUT2D eigenvalue weighted by Gasteiger charge is 2.28. The highest BCUT2D eigenvalue weighted by Crippen LogP contribution is 2.15. The van der Waals surface area contributed by atoms with Crippen molar-refractivity contribution in [2.75, 3.05) is 60.2 Å². The maximum atomic E-state index is 12.4. The lowest BCUT2D eigenvalue weighted by atomic mass is 10.0. The lowest BCUT2D eigenvalue weighted by Crippen LogP contribution is -2.56. The molecule has 0 saturated carbocycles. The van der Waals surface area contributed by atoms with E-state index in [1.165, 1.54) is 7.11 Å². The van der Waals surface area contributed by atoms with Crippen molar-refractivity contribution >= 4 is 16.0 Å². The smallest absolute Gasteiger partial charge is 0.240 e. The standard InChI is InChI=1S/C20H35N5O4S/c1-20(2,25-9-12-29-13-10-25)16-23-19(21-3)22-15-17-6-5-7-18(14-17)30(26,27)24-8-11-28-4/h5-7,14,24H,8-13,15-16H2,1-4H3,(H2,21,22,23). The van der Waals surface area contributed by atoms with Crippen LogP contribution in [0, 0.1) is 0 Å². The van der Waals surface area contributed by atoms with Gasteiger partial charge in [-0.25, -0.2) is 13.1 Å². The van der Waals surface area contributed by atoms with Gasteiger partial charge in [0.1, 0.15) is 0 Å². The Hall–Kier alpha value is -1.72. The average Bonchev–Trinajstić information content (AvgIpc) is 2.75. The summed E-state index contributed by atoms with van der Waals surface area (Å²) in [5.41, 5.74) is 0.809. The number of guanidine groups is 1. The van der Waals surface area contributed by atoms with Crippen molar-refractivity contribution in [2.45, 2.75) is 30.8 Å². The number of aliphatic imine (C=N–C) groups is 1. The first-order valence-corrected chi connectivity index (χ1v) is 11.6. The quantitative estimate of drug-likeness (QED) is 0.274. The molecule has 1 saturated heterocycles. The van der Waals surface area contributed by atoms with E-state index in [1.807, 2.05) is 6.07 Å². The zero-order valence-corrected chi connectivity index (χ0v) is 19.2. The number of hydrogen-bond donors (Lipinski definition) is 3. The minimum atomic E-state index is -3.56. The molecule has 1 heterocycles. The fourth-order valence-electron chi connectivity index (χ4n) is 3.17. The van der Waals surface area contributed by atoms with Crippen molar-refractivity contribution in [2.24, 2.45) is 4.99 Å². The van der Waals surface area contributed by atoms with E-state index in [1.54, 1.807) is 25.2 Å². The number of hydrogen-bond acceptors (Lipinski definition) is 6. The maximum absolute atomic E-state index is 12.4. The van der Waals surface area contributed by atoms with Crippen LogP contribution in [-0.4, -0.2) is 85.0 Å². The second kappa shape index (κ2) is 11.6. The van der Waals surface area contributed by atoms with Crippen LogP contribution in [-0.2, 0) is 26.0 Å². The van der Waals surface area contributed by atoms with Gasteiger partial charge in [-0.1, -0.05) is 12.1 Å². The van der Waals surface area contributed by atoms with Crippen LogP contribution in [0.15, 0.2) is 34.2 Å². The molecule has 0 atom stereocenters. The molecule has 0 spiro atoms. The Bertz CT molecular complexity index is 792. The molecule has 2 rings (SSSR count). The third-order valence-corrected chi connectivity index (χ3v) is 6.50. The largest absolute Gasteiger partial charge is 0.383 e. The Balaban J connectivity index is 1.90. The Morgan fingerprint density at radius 3 is 2.67 bits per heavy atom. The zero-order valence-electron chi connectivity index (χ0n) is 18.4. The Kier molecular flexibility index (Phi) is 9.50. The Morgan fingerprint density at radius 2 is 2.00 bits per heavy atom. The molecular formula is C20H35N5O4S. The minimum Gasteiger partial charge on any atom is -0.383 e. The van der Waals surface area contributed by atoms with Gasteiger partial charge in [-0.05, 0) is 31.5 Å². The van der Waals surface area contributed by atoms with E-state index in [0.29, 0.717) is 19.1 Å². The van der Waals surface area contributed by atoms with Gasteiger partial charge in [0.25, 0.3) is 0 Å². The monoisotopic (exact) mass is 441 g/mol. The first kappa shape index (κ1) is 24.5. The van der Waals surface area contributed by atoms with Crippen molar-refractivity contribution in [3.8, 4) is 0 Å². The number of ether oxygens (including phenoxy) is 2. The molecule has 0 aliphatic carbocycles. The van der Waals surface area contributed by atoms with E-state index in [2.05, 4.69) is 39.1 Å². The van der Waals surface area contributed by atoms with Crippen LogP contribution in [0.4, 0.5) is 0 Å². The van der Waals surface area contributed by atoms with Crippen LogP contribution in [0.1, 0.15) is 19.4 Å². The fraction of sp³-hybridized carbons (Fsp3) is 0.650. The molecule has 9 nitrogen and oxygen atoms in total. The molecule has 10 heteroatoms. The molecule has 0 aromatic heterocycles. The van der Waals surface area contributed by atoms with Crippen molar-refractivity contribution in [3.05, 3.63) is 29.8 Å². The molecule has 1 aliphatic rings. The summed E-state index contributed by atoms with van der Waals surface area (Å²) in [7, 11) is -0.309. The van der Waals surface area contributed by atoms with E-state index in [4.69, 9.17) is 9.47 Å². The Labute approximate surface area is 180 Å². The van der Waals surface area contributed by atoms with E-state index in [9.17, 15) is 8.42 Å². The van der Waals surface area contributed by atoms with Crippen LogP contribution in [0.3, 0.4) is 0 Å². The van der Waals surface area contributed by atoms with Crippen molar-refractivity contribution in [1.82, 2.24) is 20.3 Å². The molecule has 0 unspecified atom stereocenters. The second-order valence-corrected chi connectivity index (χ2v) is 9.50. The first-order chi connectivity index (χ1) is 14.3. The second-order valence-electron chi connectivity index (χ2n) is 7.73. The summed E-state index contributed by atoms with van der Waals surface area (Å²) >= 11 is 0. The lowest BCUT2D eigenvalue weighted by molar-refractivity contribution is -0.00834. The van der Waals surface area contributed by atoms with Crippen LogP contribution >= 0.6 is 0 Å². The fourth-order valence-corrected chi connectivity index (χ4v) is 4.25. The summed E-state index contributed by atoms with van der Waals surface area (Å²) in [6, 6.07) is 6.86. The topological polar surface area (TPSA) is 104 Å². The average molecular weight is 442 g/mol. The number of morpholine rings is 1. The normalized spacial score (nSPS) is 16.5. The Morgan fingerprint density at radius 1 is 1.27 bits per heavy atom. The van der Waals surface area contributed by atoms with Gasteiger partial charge < -0.3 is 20.1 Å². The number of nitrogens with zero attached hydrogens (tertiary/aromatic N) is 2. The van der Waals surface area contributed by atoms with E-state index in [-0.39, 0.29) is 17.0 Å². The van der Waals surface area contributed by atoms with Crippen LogP contribution in [0.5, 0.6) is 0 Å². The molecule has 0 radical (unpaired) electrons. The van der Waals surface area contributed by atoms with E-state index < -0.39 is 10.0 Å². The molecular weight excluding hydrogens is 406 g/mol. The van der Waals surface area contributed by atoms with Crippen molar-refractivity contribution in [1.29, 1.82) is 0 Å². The molecule has 0 amide bonds. The summed E-state index contributed by atoms with van der Waals surface area (Å²) in [4.78, 5) is 6.91. The minimum absolute atomic E-state index is 0.0384. The van der Waals surface area contributed by atoms with Gasteiger partial charge in [-0.15, -0.1) is 0 Å². The van der Waals surface area contributed by atoms with Crippen molar-refractivity contribution in [3.63, 3.8) is 0 Å². The first-order valence-electron chi connectivity index (χ1n) is 10.1. The highest BCUT2D eigenvalue weighted by molar-refractivity contribution is 7.89. The molecule has 1 aliphatic heterocycles. The third kappa shape index (κ3) is 7.51. The molecule has 1 aromatic rings. The third-order valence-electron chi connectivity index (χ3n) is 5.05. The summed E-state index contributed by atoms with van der Waals surface area (Å²) < 4.78 is 37.6. The van der Waals surface area contributed by atoms with Gasteiger partial charge in [0.15, 0.2) is 5.96 Å². The van der Waals surface area contributed by atoms with Gasteiger partial charge >= 0.3 is 0 Å². The van der Waals surface area contributed by atoms with Crippen LogP contribution in [0.2, 0.25) is 0 Å². The number of rotatable bonds is 10. The van der Waals surface area contributed by atoms with Gasteiger partial charge in [-0.2, -0.15) is 0 Å². The molecule has 0 bridgehead atoms. The lowest BCUT2D eigenvalue weighted by Gasteiger charge is -2.41. The summed E-state index contributed by atoms with van der Waals surface area (Å²) in [6.45, 7) is 9.49. The zero-order chi connectivity index (χ0) is 22.0. The number of methoxy groups -OCH3 is 1. The van der Waals surface area contributed by atoms with E-state index >= 15 is 0 Å². The van der Waals surface area contributed by atoms with Gasteiger partial charge in [0.05, 0.1) is 24.7 Å². The number of benzene rings is 1. The molecule has 1 fully saturated rings. The van der Waals surface area contributed by atoms with Gasteiger partial charge in [0.2, 0.25) is 10.0 Å². The molecule has 1 aromatic carbocycles. The number of sulfonamides is 1. The molecule has 3 N–H and O–H groups in total. The summed E-state index contributed by atoms with van der Waals surface area (Å²) in [5, 5.41) is 6.62. The van der Waals surface area contributed by atoms with Crippen LogP contribution in [0.25, 0.3) is 0 Å². The summed E-state index contributed by atoms with van der Waals surface area (Å²) in [5.74, 6) is 0.669. The van der Waals surface area contributed by atoms with Crippen LogP contribution < -0.4 is 15.4 Å². The predicted molar refractivity (Wildman–Crippen MR) is 118 cm³/mol. The highest BCUT2D eigenvalue weighted by atomic mass is 32.2.